The van der Waals surface area contributed by atoms with E-state index < -0.39 is 17.9 Å². The number of carbonyl (C=O) groups is 1. The monoisotopic (exact) mass is 285 g/mol. The van der Waals surface area contributed by atoms with Gasteiger partial charge < -0.3 is 19.9 Å². The van der Waals surface area contributed by atoms with Gasteiger partial charge in [0.15, 0.2) is 17.7 Å². The van der Waals surface area contributed by atoms with Crippen molar-refractivity contribution in [1.29, 1.82) is 0 Å². The Kier molecular flexibility index (Phi) is 6.97. The zero-order valence-electron chi connectivity index (χ0n) is 11.7. The van der Waals surface area contributed by atoms with E-state index in [1.807, 2.05) is 0 Å². The Morgan fingerprint density at radius 1 is 1.50 bits per heavy atom. The lowest BCUT2D eigenvalue weighted by atomic mass is 10.1. The number of ether oxygens (including phenoxy) is 2. The molecule has 0 saturated carbocycles. The molecule has 0 fully saturated rings. The second kappa shape index (κ2) is 8.50. The second-order valence-electron chi connectivity index (χ2n) is 4.25. The van der Waals surface area contributed by atoms with Crippen molar-refractivity contribution in [3.8, 4) is 5.75 Å². The van der Waals surface area contributed by atoms with E-state index in [4.69, 9.17) is 14.6 Å². The van der Waals surface area contributed by atoms with Gasteiger partial charge >= 0.3 is 5.97 Å². The van der Waals surface area contributed by atoms with Crippen LogP contribution in [-0.2, 0) is 16.1 Å². The van der Waals surface area contributed by atoms with Gasteiger partial charge in [0.05, 0.1) is 6.61 Å². The molecule has 112 valence electrons. The molecule has 1 rings (SSSR count). The SMILES string of the molecule is CCC(Oc1c(F)cccc1CNCCOC)C(=O)O. The zero-order valence-corrected chi connectivity index (χ0v) is 11.7. The number of halogens is 1. The average molecular weight is 285 g/mol. The normalized spacial score (nSPS) is 12.2. The third-order valence-corrected chi connectivity index (χ3v) is 2.75. The largest absolute Gasteiger partial charge is 0.479 e. The third-order valence-electron chi connectivity index (χ3n) is 2.75. The van der Waals surface area contributed by atoms with E-state index in [-0.39, 0.29) is 12.2 Å². The summed E-state index contributed by atoms with van der Waals surface area (Å²) in [5.74, 6) is -1.67. The van der Waals surface area contributed by atoms with E-state index in [0.29, 0.717) is 25.3 Å². The quantitative estimate of drug-likeness (QED) is 0.677. The third kappa shape index (κ3) is 4.79. The molecule has 1 aromatic carbocycles. The maximum atomic E-state index is 13.8. The van der Waals surface area contributed by atoms with Crippen LogP contribution in [0.2, 0.25) is 0 Å². The van der Waals surface area contributed by atoms with Crippen molar-refractivity contribution in [2.24, 2.45) is 0 Å². The minimum atomic E-state index is -1.10. The van der Waals surface area contributed by atoms with Gasteiger partial charge in [-0.05, 0) is 12.5 Å². The minimum Gasteiger partial charge on any atom is -0.479 e. The standard InChI is InChI=1S/C14H20FNO4/c1-3-12(14(17)18)20-13-10(5-4-6-11(13)15)9-16-7-8-19-2/h4-6,12,16H,3,7-9H2,1-2H3,(H,17,18). The lowest BCUT2D eigenvalue weighted by molar-refractivity contribution is -0.145. The van der Waals surface area contributed by atoms with E-state index in [9.17, 15) is 9.18 Å². The highest BCUT2D eigenvalue weighted by Crippen LogP contribution is 2.24. The van der Waals surface area contributed by atoms with Crippen LogP contribution in [0.15, 0.2) is 18.2 Å². The van der Waals surface area contributed by atoms with Crippen LogP contribution >= 0.6 is 0 Å². The van der Waals surface area contributed by atoms with Gasteiger partial charge in [0.1, 0.15) is 0 Å². The van der Waals surface area contributed by atoms with Gasteiger partial charge in [-0.15, -0.1) is 0 Å². The first-order valence-corrected chi connectivity index (χ1v) is 6.46. The van der Waals surface area contributed by atoms with Gasteiger partial charge in [-0.2, -0.15) is 0 Å². The number of benzene rings is 1. The Morgan fingerprint density at radius 3 is 2.85 bits per heavy atom. The molecular weight excluding hydrogens is 265 g/mol. The fourth-order valence-corrected chi connectivity index (χ4v) is 1.67. The number of aliphatic carboxylic acids is 1. The van der Waals surface area contributed by atoms with Crippen molar-refractivity contribution in [3.63, 3.8) is 0 Å². The Balaban J connectivity index is 2.79. The molecule has 0 aromatic heterocycles. The molecule has 0 radical (unpaired) electrons. The molecule has 1 aromatic rings. The van der Waals surface area contributed by atoms with Gasteiger partial charge in [-0.3, -0.25) is 0 Å². The Morgan fingerprint density at radius 2 is 2.25 bits per heavy atom. The number of hydrogen-bond acceptors (Lipinski definition) is 4. The van der Waals surface area contributed by atoms with Crippen LogP contribution in [-0.4, -0.2) is 37.4 Å². The first-order chi connectivity index (χ1) is 9.60. The Bertz CT molecular complexity index is 439. The summed E-state index contributed by atoms with van der Waals surface area (Å²) in [7, 11) is 1.59. The Labute approximate surface area is 117 Å². The topological polar surface area (TPSA) is 67.8 Å². The van der Waals surface area contributed by atoms with E-state index in [0.717, 1.165) is 0 Å². The van der Waals surface area contributed by atoms with Crippen LogP contribution in [0.1, 0.15) is 18.9 Å². The van der Waals surface area contributed by atoms with Crippen molar-refractivity contribution in [3.05, 3.63) is 29.6 Å². The first kappa shape index (κ1) is 16.4. The summed E-state index contributed by atoms with van der Waals surface area (Å²) < 4.78 is 24.0. The molecule has 0 saturated heterocycles. The highest BCUT2D eigenvalue weighted by atomic mass is 19.1. The van der Waals surface area contributed by atoms with Gasteiger partial charge in [-0.1, -0.05) is 19.1 Å². The van der Waals surface area contributed by atoms with E-state index in [1.54, 1.807) is 26.2 Å². The number of carboxylic acid groups (broad SMARTS) is 1. The van der Waals surface area contributed by atoms with Crippen LogP contribution in [0, 0.1) is 5.82 Å². The lowest BCUT2D eigenvalue weighted by Gasteiger charge is -2.17. The second-order valence-corrected chi connectivity index (χ2v) is 4.25. The smallest absolute Gasteiger partial charge is 0.344 e. The molecule has 0 amide bonds. The van der Waals surface area contributed by atoms with Crippen LogP contribution < -0.4 is 10.1 Å². The Hall–Kier alpha value is -1.66. The van der Waals surface area contributed by atoms with Gasteiger partial charge in [-0.25, -0.2) is 9.18 Å². The molecule has 0 aliphatic heterocycles. The van der Waals surface area contributed by atoms with E-state index >= 15 is 0 Å². The van der Waals surface area contributed by atoms with Crippen LogP contribution in [0.5, 0.6) is 5.75 Å². The maximum Gasteiger partial charge on any atom is 0.344 e. The molecule has 6 heteroatoms. The number of rotatable bonds is 9. The molecular formula is C14H20FNO4. The van der Waals surface area contributed by atoms with Gasteiger partial charge in [0.25, 0.3) is 0 Å². The summed E-state index contributed by atoms with van der Waals surface area (Å²) in [6.07, 6.45) is -0.787. The van der Waals surface area contributed by atoms with Crippen molar-refractivity contribution >= 4 is 5.97 Å². The summed E-state index contributed by atoms with van der Waals surface area (Å²) in [5, 5.41) is 12.1. The summed E-state index contributed by atoms with van der Waals surface area (Å²) in [6, 6.07) is 4.52. The summed E-state index contributed by atoms with van der Waals surface area (Å²) >= 11 is 0. The molecule has 20 heavy (non-hydrogen) atoms. The molecule has 1 unspecified atom stereocenters. The minimum absolute atomic E-state index is 0.00772. The number of para-hydroxylation sites is 1. The lowest BCUT2D eigenvalue weighted by Crippen LogP contribution is -2.27. The van der Waals surface area contributed by atoms with Crippen LogP contribution in [0.25, 0.3) is 0 Å². The van der Waals surface area contributed by atoms with Gasteiger partial charge in [0, 0.05) is 25.8 Å². The van der Waals surface area contributed by atoms with Crippen LogP contribution in [0.3, 0.4) is 0 Å². The van der Waals surface area contributed by atoms with Crippen LogP contribution in [0.4, 0.5) is 4.39 Å². The van der Waals surface area contributed by atoms with E-state index in [1.165, 1.54) is 6.07 Å². The molecule has 0 spiro atoms. The highest BCUT2D eigenvalue weighted by molar-refractivity contribution is 5.72. The fourth-order valence-electron chi connectivity index (χ4n) is 1.67. The van der Waals surface area contributed by atoms with Crippen molar-refractivity contribution < 1.29 is 23.8 Å². The molecule has 1 atom stereocenters. The number of methoxy groups -OCH3 is 1. The summed E-state index contributed by atoms with van der Waals surface area (Å²) in [6.45, 7) is 3.21. The average Bonchev–Trinajstić information content (AvgIpc) is 2.42. The number of nitrogens with one attached hydrogen (secondary N) is 1. The predicted molar refractivity (Wildman–Crippen MR) is 72.3 cm³/mol. The summed E-state index contributed by atoms with van der Waals surface area (Å²) in [5.41, 5.74) is 0.584. The molecule has 0 bridgehead atoms. The summed E-state index contributed by atoms with van der Waals surface area (Å²) in [4.78, 5) is 11.0. The van der Waals surface area contributed by atoms with Crippen molar-refractivity contribution in [2.75, 3.05) is 20.3 Å². The molecule has 2 N–H and O–H groups in total. The number of hydrogen-bond donors (Lipinski definition) is 2. The number of carboxylic acids is 1. The van der Waals surface area contributed by atoms with Crippen molar-refractivity contribution in [2.45, 2.75) is 26.0 Å². The molecule has 0 aliphatic carbocycles. The zero-order chi connectivity index (χ0) is 15.0. The first-order valence-electron chi connectivity index (χ1n) is 6.46. The molecule has 0 heterocycles. The highest BCUT2D eigenvalue weighted by Gasteiger charge is 2.20. The predicted octanol–water partition coefficient (Wildman–Crippen LogP) is 1.80. The molecule has 0 aliphatic rings. The maximum absolute atomic E-state index is 13.8. The van der Waals surface area contributed by atoms with E-state index in [2.05, 4.69) is 5.32 Å². The molecule has 5 nitrogen and oxygen atoms in total. The van der Waals surface area contributed by atoms with Crippen molar-refractivity contribution in [1.82, 2.24) is 5.32 Å². The fraction of sp³-hybridized carbons (Fsp3) is 0.500. The van der Waals surface area contributed by atoms with Gasteiger partial charge in [0.2, 0.25) is 0 Å².